The monoisotopic (exact) mass is 249 g/mol. The number of nitrogens with one attached hydrogen (secondary N) is 1. The lowest BCUT2D eigenvalue weighted by Crippen LogP contribution is -2.51. The van der Waals surface area contributed by atoms with Crippen LogP contribution < -0.4 is 5.32 Å². The molecule has 0 saturated carbocycles. The van der Waals surface area contributed by atoms with E-state index in [9.17, 15) is 9.90 Å². The van der Waals surface area contributed by atoms with Crippen LogP contribution in [0.25, 0.3) is 0 Å². The molecule has 1 atom stereocenters. The Morgan fingerprint density at radius 3 is 2.06 bits per heavy atom. The van der Waals surface area contributed by atoms with Crippen molar-refractivity contribution >= 4 is 5.91 Å². The topological polar surface area (TPSA) is 49.3 Å². The van der Waals surface area contributed by atoms with Gasteiger partial charge >= 0.3 is 0 Å². The Bertz CT molecular complexity index is 439. The van der Waals surface area contributed by atoms with Crippen molar-refractivity contribution in [3.8, 4) is 0 Å². The number of amides is 1. The molecule has 1 unspecified atom stereocenters. The fourth-order valence-corrected chi connectivity index (χ4v) is 2.00. The largest absolute Gasteiger partial charge is 0.391 e. The smallest absolute Gasteiger partial charge is 0.252 e. The van der Waals surface area contributed by atoms with E-state index in [-0.39, 0.29) is 5.91 Å². The zero-order valence-corrected chi connectivity index (χ0v) is 12.1. The van der Waals surface area contributed by atoms with Gasteiger partial charge in [0, 0.05) is 5.56 Å². The molecule has 100 valence electrons. The highest BCUT2D eigenvalue weighted by Gasteiger charge is 2.27. The maximum Gasteiger partial charge on any atom is 0.252 e. The van der Waals surface area contributed by atoms with E-state index in [2.05, 4.69) is 5.32 Å². The first kappa shape index (κ1) is 14.7. The highest BCUT2D eigenvalue weighted by Crippen LogP contribution is 2.18. The number of aliphatic hydroxyl groups excluding tert-OH is 1. The molecule has 1 aromatic rings. The third kappa shape index (κ3) is 3.10. The van der Waals surface area contributed by atoms with Crippen molar-refractivity contribution in [2.75, 3.05) is 0 Å². The van der Waals surface area contributed by atoms with E-state index in [1.165, 1.54) is 0 Å². The molecule has 1 rings (SSSR count). The highest BCUT2D eigenvalue weighted by molar-refractivity contribution is 5.97. The van der Waals surface area contributed by atoms with Crippen molar-refractivity contribution in [2.24, 2.45) is 0 Å². The van der Waals surface area contributed by atoms with Crippen molar-refractivity contribution in [3.05, 3.63) is 34.4 Å². The van der Waals surface area contributed by atoms with E-state index in [1.54, 1.807) is 6.92 Å². The third-order valence-electron chi connectivity index (χ3n) is 3.38. The molecular weight excluding hydrogens is 226 g/mol. The van der Waals surface area contributed by atoms with Crippen molar-refractivity contribution in [3.63, 3.8) is 0 Å². The van der Waals surface area contributed by atoms with Gasteiger partial charge in [-0.25, -0.2) is 0 Å². The molecule has 3 nitrogen and oxygen atoms in total. The first-order valence-corrected chi connectivity index (χ1v) is 6.23. The van der Waals surface area contributed by atoms with Crippen LogP contribution in [0.4, 0.5) is 0 Å². The molecule has 18 heavy (non-hydrogen) atoms. The Kier molecular flexibility index (Phi) is 4.17. The lowest BCUT2D eigenvalue weighted by molar-refractivity contribution is 0.0708. The quantitative estimate of drug-likeness (QED) is 0.864. The number of aliphatic hydroxyl groups is 1. The molecule has 0 bridgehead atoms. The first-order chi connectivity index (χ1) is 8.15. The second kappa shape index (κ2) is 5.11. The van der Waals surface area contributed by atoms with E-state index in [0.29, 0.717) is 5.56 Å². The van der Waals surface area contributed by atoms with Crippen molar-refractivity contribution in [1.29, 1.82) is 0 Å². The maximum atomic E-state index is 12.3. The zero-order valence-electron chi connectivity index (χ0n) is 12.1. The Morgan fingerprint density at radius 1 is 1.22 bits per heavy atom. The summed E-state index contributed by atoms with van der Waals surface area (Å²) in [6.07, 6.45) is -0.604. The summed E-state index contributed by atoms with van der Waals surface area (Å²) in [5, 5.41) is 12.5. The standard InChI is InChI=1S/C15H23NO2/c1-9-7-10(2)13(11(3)8-9)14(18)16-15(5,6)12(4)17/h7-8,12,17H,1-6H3,(H,16,18). The second-order valence-corrected chi connectivity index (χ2v) is 5.63. The molecule has 0 aliphatic rings. The number of hydrogen-bond acceptors (Lipinski definition) is 2. The summed E-state index contributed by atoms with van der Waals surface area (Å²) < 4.78 is 0. The molecule has 0 spiro atoms. The Hall–Kier alpha value is -1.35. The summed E-state index contributed by atoms with van der Waals surface area (Å²) in [5.74, 6) is -0.129. The van der Waals surface area contributed by atoms with E-state index < -0.39 is 11.6 Å². The molecule has 0 fully saturated rings. The van der Waals surface area contributed by atoms with Crippen LogP contribution in [0.5, 0.6) is 0 Å². The summed E-state index contributed by atoms with van der Waals surface area (Å²) in [4.78, 5) is 12.3. The molecule has 3 heteroatoms. The Balaban J connectivity index is 3.06. The van der Waals surface area contributed by atoms with Crippen LogP contribution in [-0.2, 0) is 0 Å². The zero-order chi connectivity index (χ0) is 14.1. The lowest BCUT2D eigenvalue weighted by atomic mass is 9.95. The summed E-state index contributed by atoms with van der Waals surface area (Å²) >= 11 is 0. The third-order valence-corrected chi connectivity index (χ3v) is 3.38. The molecule has 0 heterocycles. The minimum atomic E-state index is -0.638. The summed E-state index contributed by atoms with van der Waals surface area (Å²) in [6, 6.07) is 3.99. The van der Waals surface area contributed by atoms with Gasteiger partial charge in [-0.05, 0) is 52.7 Å². The van der Waals surface area contributed by atoms with Gasteiger partial charge in [-0.3, -0.25) is 4.79 Å². The molecule has 0 aromatic heterocycles. The lowest BCUT2D eigenvalue weighted by Gasteiger charge is -2.30. The number of aryl methyl sites for hydroxylation is 3. The van der Waals surface area contributed by atoms with Crippen LogP contribution in [0, 0.1) is 20.8 Å². The fourth-order valence-electron chi connectivity index (χ4n) is 2.00. The summed E-state index contributed by atoms with van der Waals surface area (Å²) in [7, 11) is 0. The Morgan fingerprint density at radius 2 is 1.67 bits per heavy atom. The number of rotatable bonds is 3. The molecule has 1 amide bonds. The molecule has 1 aromatic carbocycles. The SMILES string of the molecule is Cc1cc(C)c(C(=O)NC(C)(C)C(C)O)c(C)c1. The van der Waals surface area contributed by atoms with E-state index in [0.717, 1.165) is 16.7 Å². The van der Waals surface area contributed by atoms with Gasteiger partial charge in [0.1, 0.15) is 0 Å². The molecule has 0 aliphatic carbocycles. The van der Waals surface area contributed by atoms with Crippen LogP contribution in [0.3, 0.4) is 0 Å². The van der Waals surface area contributed by atoms with Gasteiger partial charge in [0.2, 0.25) is 0 Å². The highest BCUT2D eigenvalue weighted by atomic mass is 16.3. The normalized spacial score (nSPS) is 13.3. The van der Waals surface area contributed by atoms with Crippen LogP contribution in [0.1, 0.15) is 47.8 Å². The van der Waals surface area contributed by atoms with Crippen molar-refractivity contribution in [2.45, 2.75) is 53.2 Å². The second-order valence-electron chi connectivity index (χ2n) is 5.63. The van der Waals surface area contributed by atoms with Crippen LogP contribution in [0.2, 0.25) is 0 Å². The molecule has 0 aliphatic heterocycles. The Labute approximate surface area is 109 Å². The average Bonchev–Trinajstić information content (AvgIpc) is 2.13. The minimum absolute atomic E-state index is 0.129. The number of hydrogen-bond donors (Lipinski definition) is 2. The van der Waals surface area contributed by atoms with E-state index in [4.69, 9.17) is 0 Å². The van der Waals surface area contributed by atoms with Crippen molar-refractivity contribution < 1.29 is 9.90 Å². The van der Waals surface area contributed by atoms with Gasteiger partial charge in [-0.2, -0.15) is 0 Å². The summed E-state index contributed by atoms with van der Waals surface area (Å²) in [6.45, 7) is 11.2. The fraction of sp³-hybridized carbons (Fsp3) is 0.533. The minimum Gasteiger partial charge on any atom is -0.391 e. The number of benzene rings is 1. The van der Waals surface area contributed by atoms with Gasteiger partial charge < -0.3 is 10.4 Å². The van der Waals surface area contributed by atoms with Gasteiger partial charge in [0.05, 0.1) is 11.6 Å². The molecule has 0 saturated heterocycles. The van der Waals surface area contributed by atoms with Crippen LogP contribution in [-0.4, -0.2) is 22.7 Å². The van der Waals surface area contributed by atoms with E-state index in [1.807, 2.05) is 46.8 Å². The maximum absolute atomic E-state index is 12.3. The average molecular weight is 249 g/mol. The number of carbonyl (C=O) groups excluding carboxylic acids is 1. The van der Waals surface area contributed by atoms with Crippen molar-refractivity contribution in [1.82, 2.24) is 5.32 Å². The predicted octanol–water partition coefficient (Wildman–Crippen LogP) is 2.50. The predicted molar refractivity (Wildman–Crippen MR) is 73.9 cm³/mol. The summed E-state index contributed by atoms with van der Waals surface area (Å²) in [5.41, 5.74) is 3.14. The molecule has 0 radical (unpaired) electrons. The van der Waals surface area contributed by atoms with Crippen LogP contribution in [0.15, 0.2) is 12.1 Å². The van der Waals surface area contributed by atoms with E-state index >= 15 is 0 Å². The van der Waals surface area contributed by atoms with Gasteiger partial charge in [-0.15, -0.1) is 0 Å². The van der Waals surface area contributed by atoms with Gasteiger partial charge in [0.15, 0.2) is 0 Å². The van der Waals surface area contributed by atoms with Gasteiger partial charge in [0.25, 0.3) is 5.91 Å². The molecular formula is C15H23NO2. The number of carbonyl (C=O) groups is 1. The molecule has 2 N–H and O–H groups in total. The first-order valence-electron chi connectivity index (χ1n) is 6.23. The van der Waals surface area contributed by atoms with Crippen LogP contribution >= 0.6 is 0 Å². The van der Waals surface area contributed by atoms with Gasteiger partial charge in [-0.1, -0.05) is 17.7 Å².